The van der Waals surface area contributed by atoms with E-state index >= 15 is 0 Å². The van der Waals surface area contributed by atoms with Crippen molar-refractivity contribution in [3.63, 3.8) is 0 Å². The zero-order valence-corrected chi connectivity index (χ0v) is 18.6. The number of carbonyl (C=O) groups is 1. The van der Waals surface area contributed by atoms with Crippen molar-refractivity contribution < 1.29 is 4.79 Å². The summed E-state index contributed by atoms with van der Waals surface area (Å²) >= 11 is 0. The number of rotatable bonds is 8. The predicted octanol–water partition coefficient (Wildman–Crippen LogP) is 3.50. The fourth-order valence-corrected chi connectivity index (χ4v) is 3.72. The second-order valence-electron chi connectivity index (χ2n) is 8.13. The number of nitrogens with zero attached hydrogens (tertiary/aromatic N) is 3. The number of fused-ring (bicyclic) bond motifs is 1. The number of imidazole rings is 1. The lowest BCUT2D eigenvalue weighted by Crippen LogP contribution is -2.21. The molecule has 6 nitrogen and oxygen atoms in total. The van der Waals surface area contributed by atoms with Crippen LogP contribution in [0.15, 0.2) is 73.1 Å². The Labute approximate surface area is 188 Å². The van der Waals surface area contributed by atoms with Gasteiger partial charge in [-0.2, -0.15) is 0 Å². The first kappa shape index (κ1) is 21.7. The first-order valence-electron chi connectivity index (χ1n) is 10.8. The van der Waals surface area contributed by atoms with Gasteiger partial charge in [0.2, 0.25) is 0 Å². The Morgan fingerprint density at radius 1 is 0.969 bits per heavy atom. The van der Waals surface area contributed by atoms with E-state index in [-0.39, 0.29) is 5.91 Å². The summed E-state index contributed by atoms with van der Waals surface area (Å²) in [6.07, 6.45) is 1.87. The molecule has 0 unspecified atom stereocenters. The normalized spacial score (nSPS) is 11.1. The summed E-state index contributed by atoms with van der Waals surface area (Å²) < 4.78 is 2.15. The number of aromatic nitrogens is 2. The predicted molar refractivity (Wildman–Crippen MR) is 129 cm³/mol. The summed E-state index contributed by atoms with van der Waals surface area (Å²) in [5, 5.41) is 3.32. The van der Waals surface area contributed by atoms with Crippen LogP contribution in [0.2, 0.25) is 0 Å². The topological polar surface area (TPSA) is 76.2 Å². The Kier molecular flexibility index (Phi) is 6.63. The molecular formula is C26H29N5O. The van der Waals surface area contributed by atoms with Crippen LogP contribution in [0.3, 0.4) is 0 Å². The van der Waals surface area contributed by atoms with Gasteiger partial charge < -0.3 is 20.5 Å². The van der Waals surface area contributed by atoms with E-state index in [0.717, 1.165) is 35.2 Å². The van der Waals surface area contributed by atoms with Gasteiger partial charge in [-0.25, -0.2) is 4.98 Å². The number of hydrogen-bond donors (Lipinski definition) is 2. The van der Waals surface area contributed by atoms with E-state index in [9.17, 15) is 4.79 Å². The number of benzene rings is 3. The molecule has 0 aliphatic carbocycles. The summed E-state index contributed by atoms with van der Waals surface area (Å²) in [5.41, 5.74) is 13.0. The molecule has 32 heavy (non-hydrogen) atoms. The van der Waals surface area contributed by atoms with Crippen LogP contribution in [0.1, 0.15) is 21.5 Å². The fourth-order valence-electron chi connectivity index (χ4n) is 3.72. The smallest absolute Gasteiger partial charge is 0.253 e. The SMILES string of the molecule is CN(C)C(=O)c1ccc(Cn2cnc3ccc(-c4ccc(CNCCN)cc4)cc32)cc1. The second kappa shape index (κ2) is 9.77. The number of amides is 1. The maximum Gasteiger partial charge on any atom is 0.253 e. The number of hydrogen-bond acceptors (Lipinski definition) is 4. The minimum atomic E-state index is 0.00968. The van der Waals surface area contributed by atoms with Crippen LogP contribution in [-0.4, -0.2) is 47.5 Å². The van der Waals surface area contributed by atoms with Gasteiger partial charge in [-0.1, -0.05) is 42.5 Å². The summed E-state index contributed by atoms with van der Waals surface area (Å²) in [5.74, 6) is 0.00968. The largest absolute Gasteiger partial charge is 0.345 e. The molecule has 0 aliphatic heterocycles. The number of nitrogens with two attached hydrogens (primary N) is 1. The van der Waals surface area contributed by atoms with Crippen molar-refractivity contribution in [2.75, 3.05) is 27.2 Å². The molecule has 0 spiro atoms. The van der Waals surface area contributed by atoms with Gasteiger partial charge >= 0.3 is 0 Å². The Hall–Kier alpha value is -3.48. The van der Waals surface area contributed by atoms with Crippen LogP contribution in [0.4, 0.5) is 0 Å². The van der Waals surface area contributed by atoms with E-state index in [1.807, 2.05) is 30.6 Å². The molecule has 0 bridgehead atoms. The molecule has 0 saturated carbocycles. The van der Waals surface area contributed by atoms with E-state index in [1.165, 1.54) is 11.1 Å². The minimum Gasteiger partial charge on any atom is -0.345 e. The molecule has 1 aromatic heterocycles. The molecule has 0 fully saturated rings. The summed E-state index contributed by atoms with van der Waals surface area (Å²) in [7, 11) is 3.52. The van der Waals surface area contributed by atoms with E-state index in [0.29, 0.717) is 18.7 Å². The number of carbonyl (C=O) groups excluding carboxylic acids is 1. The molecule has 0 atom stereocenters. The van der Waals surface area contributed by atoms with Gasteiger partial charge in [0.25, 0.3) is 5.91 Å². The third kappa shape index (κ3) is 4.88. The van der Waals surface area contributed by atoms with Gasteiger partial charge in [0.05, 0.1) is 17.4 Å². The van der Waals surface area contributed by atoms with E-state index < -0.39 is 0 Å². The Morgan fingerprint density at radius 2 is 1.66 bits per heavy atom. The summed E-state index contributed by atoms with van der Waals surface area (Å²) in [6.45, 7) is 2.98. The van der Waals surface area contributed by atoms with Crippen molar-refractivity contribution >= 4 is 16.9 Å². The van der Waals surface area contributed by atoms with Crippen molar-refractivity contribution in [3.05, 3.63) is 89.7 Å². The molecule has 4 rings (SSSR count). The molecule has 6 heteroatoms. The average molecular weight is 428 g/mol. The monoisotopic (exact) mass is 427 g/mol. The Morgan fingerprint density at radius 3 is 2.34 bits per heavy atom. The molecule has 4 aromatic rings. The van der Waals surface area contributed by atoms with Gasteiger partial charge in [-0.3, -0.25) is 4.79 Å². The highest BCUT2D eigenvalue weighted by molar-refractivity contribution is 5.93. The van der Waals surface area contributed by atoms with Gasteiger partial charge in [0, 0.05) is 45.8 Å². The highest BCUT2D eigenvalue weighted by Crippen LogP contribution is 2.25. The van der Waals surface area contributed by atoms with Gasteiger partial charge in [-0.05, 0) is 46.5 Å². The number of nitrogens with one attached hydrogen (secondary N) is 1. The third-order valence-corrected chi connectivity index (χ3v) is 5.52. The highest BCUT2D eigenvalue weighted by Gasteiger charge is 2.09. The lowest BCUT2D eigenvalue weighted by Gasteiger charge is -2.11. The maximum absolute atomic E-state index is 12.1. The molecular weight excluding hydrogens is 398 g/mol. The zero-order chi connectivity index (χ0) is 22.5. The van der Waals surface area contributed by atoms with Crippen LogP contribution in [0.5, 0.6) is 0 Å². The van der Waals surface area contributed by atoms with Gasteiger partial charge in [0.15, 0.2) is 0 Å². The van der Waals surface area contributed by atoms with Crippen LogP contribution >= 0.6 is 0 Å². The highest BCUT2D eigenvalue weighted by atomic mass is 16.2. The Bertz CT molecular complexity index is 1190. The van der Waals surface area contributed by atoms with Crippen molar-refractivity contribution in [3.8, 4) is 11.1 Å². The molecule has 1 amide bonds. The van der Waals surface area contributed by atoms with Gasteiger partial charge in [-0.15, -0.1) is 0 Å². The first-order chi connectivity index (χ1) is 15.5. The van der Waals surface area contributed by atoms with Crippen molar-refractivity contribution in [2.45, 2.75) is 13.1 Å². The lowest BCUT2D eigenvalue weighted by atomic mass is 10.0. The zero-order valence-electron chi connectivity index (χ0n) is 18.6. The fraction of sp³-hybridized carbons (Fsp3) is 0.231. The van der Waals surface area contributed by atoms with E-state index in [4.69, 9.17) is 5.73 Å². The molecule has 3 aromatic carbocycles. The van der Waals surface area contributed by atoms with Crippen LogP contribution < -0.4 is 11.1 Å². The second-order valence-corrected chi connectivity index (χ2v) is 8.13. The molecule has 0 radical (unpaired) electrons. The first-order valence-corrected chi connectivity index (χ1v) is 10.8. The molecule has 1 heterocycles. The molecule has 3 N–H and O–H groups in total. The van der Waals surface area contributed by atoms with Crippen molar-refractivity contribution in [1.82, 2.24) is 19.8 Å². The average Bonchev–Trinajstić information content (AvgIpc) is 3.21. The lowest BCUT2D eigenvalue weighted by molar-refractivity contribution is 0.0827. The molecule has 164 valence electrons. The Balaban J connectivity index is 1.53. The maximum atomic E-state index is 12.1. The van der Waals surface area contributed by atoms with Crippen LogP contribution in [0, 0.1) is 0 Å². The van der Waals surface area contributed by atoms with Crippen molar-refractivity contribution in [1.29, 1.82) is 0 Å². The van der Waals surface area contributed by atoms with E-state index in [1.54, 1.807) is 19.0 Å². The van der Waals surface area contributed by atoms with Crippen LogP contribution in [-0.2, 0) is 13.1 Å². The molecule has 0 aliphatic rings. The summed E-state index contributed by atoms with van der Waals surface area (Å²) in [6, 6.07) is 22.7. The van der Waals surface area contributed by atoms with Gasteiger partial charge in [0.1, 0.15) is 0 Å². The van der Waals surface area contributed by atoms with Crippen LogP contribution in [0.25, 0.3) is 22.2 Å². The van der Waals surface area contributed by atoms with Crippen molar-refractivity contribution in [2.24, 2.45) is 5.73 Å². The van der Waals surface area contributed by atoms with E-state index in [2.05, 4.69) is 57.3 Å². The summed E-state index contributed by atoms with van der Waals surface area (Å²) in [4.78, 5) is 18.3. The third-order valence-electron chi connectivity index (χ3n) is 5.52. The minimum absolute atomic E-state index is 0.00968. The standard InChI is InChI=1S/C26H29N5O/c1-30(2)26(32)22-9-5-20(6-10-22)17-31-18-29-24-12-11-23(15-25(24)31)21-7-3-19(4-8-21)16-28-14-13-27/h3-12,15,18,28H,13-14,16-17,27H2,1-2H3. The molecule has 0 saturated heterocycles. The quantitative estimate of drug-likeness (QED) is 0.422.